The molecule has 0 amide bonds. The Balaban J connectivity index is 1.57. The second-order valence-electron chi connectivity index (χ2n) is 6.22. The molecular weight excluding hydrogens is 308 g/mol. The number of carbonyl (C=O) groups is 1. The number of benzene rings is 1. The molecule has 1 saturated heterocycles. The molecule has 2 heterocycles. The van der Waals surface area contributed by atoms with Crippen LogP contribution in [0.1, 0.15) is 26.7 Å². The molecule has 5 nitrogen and oxygen atoms in total. The molecule has 1 fully saturated rings. The van der Waals surface area contributed by atoms with Gasteiger partial charge < -0.3 is 13.9 Å². The van der Waals surface area contributed by atoms with Crippen molar-refractivity contribution in [2.24, 2.45) is 5.92 Å². The SMILES string of the molecule is CC(=CCOc1ccc2ccc(=O)oc2c1)C[C@@H]1C[C@H](C)C(=O)O1. The van der Waals surface area contributed by atoms with Crippen LogP contribution in [-0.4, -0.2) is 18.7 Å². The zero-order chi connectivity index (χ0) is 17.1. The third-order valence-electron chi connectivity index (χ3n) is 4.13. The Morgan fingerprint density at radius 1 is 1.29 bits per heavy atom. The highest BCUT2D eigenvalue weighted by atomic mass is 16.5. The zero-order valence-corrected chi connectivity index (χ0v) is 13.8. The van der Waals surface area contributed by atoms with Crippen molar-refractivity contribution in [2.75, 3.05) is 6.61 Å². The molecule has 0 aliphatic carbocycles. The Morgan fingerprint density at radius 3 is 2.83 bits per heavy atom. The Kier molecular flexibility index (Phi) is 4.69. The minimum atomic E-state index is -0.379. The molecule has 1 aliphatic heterocycles. The Morgan fingerprint density at radius 2 is 2.08 bits per heavy atom. The number of ether oxygens (including phenoxy) is 2. The molecule has 0 unspecified atom stereocenters. The van der Waals surface area contributed by atoms with Gasteiger partial charge in [-0.15, -0.1) is 0 Å². The van der Waals surface area contributed by atoms with E-state index in [0.29, 0.717) is 17.9 Å². The van der Waals surface area contributed by atoms with E-state index in [0.717, 1.165) is 23.8 Å². The number of hydrogen-bond acceptors (Lipinski definition) is 5. The van der Waals surface area contributed by atoms with Gasteiger partial charge in [0.1, 0.15) is 24.0 Å². The van der Waals surface area contributed by atoms with Crippen LogP contribution in [0.15, 0.2) is 51.2 Å². The first-order chi connectivity index (χ1) is 11.5. The van der Waals surface area contributed by atoms with E-state index in [4.69, 9.17) is 13.9 Å². The van der Waals surface area contributed by atoms with E-state index in [9.17, 15) is 9.59 Å². The molecule has 1 aromatic heterocycles. The Labute approximate surface area is 139 Å². The summed E-state index contributed by atoms with van der Waals surface area (Å²) in [6.07, 6.45) is 3.45. The molecule has 126 valence electrons. The van der Waals surface area contributed by atoms with Gasteiger partial charge in [0.25, 0.3) is 0 Å². The average molecular weight is 328 g/mol. The standard InChI is InChI=1S/C19H20O5/c1-12(9-16-10-13(2)19(21)23-16)7-8-22-15-5-3-14-4-6-18(20)24-17(14)11-15/h3-7,11,13,16H,8-10H2,1-2H3/t13-,16+/m0/s1. The first kappa shape index (κ1) is 16.3. The van der Waals surface area contributed by atoms with Crippen molar-refractivity contribution in [3.05, 3.63) is 52.4 Å². The molecule has 1 aromatic carbocycles. The van der Waals surface area contributed by atoms with E-state index in [2.05, 4.69) is 0 Å². The summed E-state index contributed by atoms with van der Waals surface area (Å²) in [4.78, 5) is 22.7. The summed E-state index contributed by atoms with van der Waals surface area (Å²) in [5.41, 5.74) is 1.25. The molecular formula is C19H20O5. The highest BCUT2D eigenvalue weighted by Crippen LogP contribution is 2.25. The number of carbonyl (C=O) groups excluding carboxylic acids is 1. The highest BCUT2D eigenvalue weighted by Gasteiger charge is 2.30. The van der Waals surface area contributed by atoms with Crippen LogP contribution in [0, 0.1) is 5.92 Å². The van der Waals surface area contributed by atoms with Gasteiger partial charge in [-0.1, -0.05) is 12.5 Å². The maximum atomic E-state index is 11.4. The van der Waals surface area contributed by atoms with Gasteiger partial charge in [-0.3, -0.25) is 4.79 Å². The monoisotopic (exact) mass is 328 g/mol. The average Bonchev–Trinajstić information content (AvgIpc) is 2.84. The quantitative estimate of drug-likeness (QED) is 0.478. The predicted molar refractivity (Wildman–Crippen MR) is 90.0 cm³/mol. The first-order valence-corrected chi connectivity index (χ1v) is 8.04. The van der Waals surface area contributed by atoms with E-state index in [1.165, 1.54) is 6.07 Å². The number of fused-ring (bicyclic) bond motifs is 1. The summed E-state index contributed by atoms with van der Waals surface area (Å²) in [5.74, 6) is 0.523. The van der Waals surface area contributed by atoms with Crippen LogP contribution in [-0.2, 0) is 9.53 Å². The Bertz CT molecular complexity index is 833. The van der Waals surface area contributed by atoms with E-state index >= 15 is 0 Å². The summed E-state index contributed by atoms with van der Waals surface area (Å²) < 4.78 is 16.1. The van der Waals surface area contributed by atoms with E-state index in [1.54, 1.807) is 12.1 Å². The van der Waals surface area contributed by atoms with Crippen molar-refractivity contribution in [2.45, 2.75) is 32.8 Å². The Hall–Kier alpha value is -2.56. The third kappa shape index (κ3) is 3.85. The molecule has 0 N–H and O–H groups in total. The normalized spacial score (nSPS) is 21.1. The molecule has 1 aliphatic rings. The minimum Gasteiger partial charge on any atom is -0.489 e. The summed E-state index contributed by atoms with van der Waals surface area (Å²) in [7, 11) is 0. The summed E-state index contributed by atoms with van der Waals surface area (Å²) in [6, 6.07) is 8.51. The maximum Gasteiger partial charge on any atom is 0.336 e. The van der Waals surface area contributed by atoms with Gasteiger partial charge in [-0.2, -0.15) is 0 Å². The fourth-order valence-electron chi connectivity index (χ4n) is 2.80. The number of rotatable bonds is 5. The van der Waals surface area contributed by atoms with Crippen molar-refractivity contribution >= 4 is 16.9 Å². The fraction of sp³-hybridized carbons (Fsp3) is 0.368. The van der Waals surface area contributed by atoms with Gasteiger partial charge in [-0.25, -0.2) is 4.79 Å². The summed E-state index contributed by atoms with van der Waals surface area (Å²) >= 11 is 0. The number of hydrogen-bond donors (Lipinski definition) is 0. The van der Waals surface area contributed by atoms with Crippen molar-refractivity contribution in [3.8, 4) is 5.75 Å². The molecule has 5 heteroatoms. The van der Waals surface area contributed by atoms with Gasteiger partial charge in [0.05, 0.1) is 5.92 Å². The predicted octanol–water partition coefficient (Wildman–Crippen LogP) is 3.46. The van der Waals surface area contributed by atoms with Gasteiger partial charge in [0, 0.05) is 23.9 Å². The molecule has 0 bridgehead atoms. The van der Waals surface area contributed by atoms with Crippen LogP contribution in [0.5, 0.6) is 5.75 Å². The lowest BCUT2D eigenvalue weighted by Gasteiger charge is -2.10. The van der Waals surface area contributed by atoms with Crippen LogP contribution in [0.3, 0.4) is 0 Å². The van der Waals surface area contributed by atoms with Crippen molar-refractivity contribution < 1.29 is 18.7 Å². The van der Waals surface area contributed by atoms with E-state index in [1.807, 2.05) is 32.1 Å². The lowest BCUT2D eigenvalue weighted by Crippen LogP contribution is -2.07. The van der Waals surface area contributed by atoms with Crippen molar-refractivity contribution in [1.29, 1.82) is 0 Å². The summed E-state index contributed by atoms with van der Waals surface area (Å²) in [5, 5.41) is 0.853. The van der Waals surface area contributed by atoms with Crippen LogP contribution < -0.4 is 10.4 Å². The van der Waals surface area contributed by atoms with Crippen LogP contribution in [0.2, 0.25) is 0 Å². The van der Waals surface area contributed by atoms with Crippen LogP contribution in [0.25, 0.3) is 11.0 Å². The second kappa shape index (κ2) is 6.91. The molecule has 24 heavy (non-hydrogen) atoms. The molecule has 0 saturated carbocycles. The molecule has 0 spiro atoms. The smallest absolute Gasteiger partial charge is 0.336 e. The van der Waals surface area contributed by atoms with Gasteiger partial charge in [0.2, 0.25) is 0 Å². The highest BCUT2D eigenvalue weighted by molar-refractivity contribution is 5.77. The minimum absolute atomic E-state index is 0.00805. The van der Waals surface area contributed by atoms with Crippen LogP contribution in [0.4, 0.5) is 0 Å². The molecule has 3 rings (SSSR count). The largest absolute Gasteiger partial charge is 0.489 e. The molecule has 2 aromatic rings. The van der Waals surface area contributed by atoms with Crippen LogP contribution >= 0.6 is 0 Å². The first-order valence-electron chi connectivity index (χ1n) is 8.04. The van der Waals surface area contributed by atoms with Gasteiger partial charge >= 0.3 is 11.6 Å². The summed E-state index contributed by atoms with van der Waals surface area (Å²) in [6.45, 7) is 4.30. The van der Waals surface area contributed by atoms with Gasteiger partial charge in [-0.05, 0) is 37.6 Å². The van der Waals surface area contributed by atoms with Crippen molar-refractivity contribution in [3.63, 3.8) is 0 Å². The van der Waals surface area contributed by atoms with E-state index in [-0.39, 0.29) is 23.6 Å². The molecule has 2 atom stereocenters. The fourth-order valence-corrected chi connectivity index (χ4v) is 2.80. The topological polar surface area (TPSA) is 65.7 Å². The lowest BCUT2D eigenvalue weighted by molar-refractivity contribution is -0.143. The maximum absolute atomic E-state index is 11.4. The number of cyclic esters (lactones) is 1. The second-order valence-corrected chi connectivity index (χ2v) is 6.22. The van der Waals surface area contributed by atoms with Gasteiger partial charge in [0.15, 0.2) is 0 Å². The number of esters is 1. The lowest BCUT2D eigenvalue weighted by atomic mass is 10.0. The van der Waals surface area contributed by atoms with Crippen molar-refractivity contribution in [1.82, 2.24) is 0 Å². The third-order valence-corrected chi connectivity index (χ3v) is 4.13. The zero-order valence-electron chi connectivity index (χ0n) is 13.8. The van der Waals surface area contributed by atoms with E-state index < -0.39 is 0 Å². The molecule has 0 radical (unpaired) electrons.